The predicted molar refractivity (Wildman–Crippen MR) is 90.7 cm³/mol. The number of carbonyl (C=O) groups is 2. The first-order valence-electron chi connectivity index (χ1n) is 8.47. The fourth-order valence-electron chi connectivity index (χ4n) is 3.22. The Morgan fingerprint density at radius 2 is 1.88 bits per heavy atom. The van der Waals surface area contributed by atoms with Gasteiger partial charge in [-0.05, 0) is 25.1 Å². The number of hydrogen-bond acceptors (Lipinski definition) is 4. The van der Waals surface area contributed by atoms with E-state index in [0.717, 1.165) is 18.7 Å². The van der Waals surface area contributed by atoms with E-state index in [2.05, 4.69) is 4.90 Å². The zero-order valence-corrected chi connectivity index (χ0v) is 14.4. The number of carboxylic acid groups (broad SMARTS) is 1. The maximum Gasteiger partial charge on any atom is 0.410 e. The lowest BCUT2D eigenvalue weighted by atomic mass is 9.93. The molecule has 24 heavy (non-hydrogen) atoms. The molecule has 2 unspecified atom stereocenters. The third-order valence-electron chi connectivity index (χ3n) is 4.57. The van der Waals surface area contributed by atoms with E-state index in [0.29, 0.717) is 13.0 Å². The number of hydrogen-bond donors (Lipinski definition) is 1. The van der Waals surface area contributed by atoms with Crippen molar-refractivity contribution >= 4 is 12.1 Å². The van der Waals surface area contributed by atoms with Gasteiger partial charge in [-0.25, -0.2) is 4.79 Å². The molecule has 1 amide bonds. The summed E-state index contributed by atoms with van der Waals surface area (Å²) in [7, 11) is 0. The molecular weight excluding hydrogens is 308 g/mol. The quantitative estimate of drug-likeness (QED) is 0.865. The Balaban J connectivity index is 2.00. The van der Waals surface area contributed by atoms with Gasteiger partial charge < -0.3 is 14.7 Å². The molecule has 1 aromatic carbocycles. The van der Waals surface area contributed by atoms with E-state index >= 15 is 0 Å². The van der Waals surface area contributed by atoms with Gasteiger partial charge in [-0.3, -0.25) is 9.69 Å². The van der Waals surface area contributed by atoms with Crippen molar-refractivity contribution < 1.29 is 19.4 Å². The molecule has 1 aliphatic heterocycles. The molecule has 132 valence electrons. The molecule has 0 radical (unpaired) electrons. The average molecular weight is 334 g/mol. The number of carbonyl (C=O) groups excluding carboxylic acids is 1. The summed E-state index contributed by atoms with van der Waals surface area (Å²) >= 11 is 0. The van der Waals surface area contributed by atoms with Gasteiger partial charge >= 0.3 is 12.1 Å². The van der Waals surface area contributed by atoms with Crippen molar-refractivity contribution in [3.05, 3.63) is 35.9 Å². The number of benzene rings is 1. The second-order valence-corrected chi connectivity index (χ2v) is 6.09. The molecule has 1 N–H and O–H groups in total. The molecular formula is C18H26N2O4. The van der Waals surface area contributed by atoms with Crippen LogP contribution in [0.1, 0.15) is 25.8 Å². The molecule has 1 aliphatic rings. The van der Waals surface area contributed by atoms with Gasteiger partial charge in [-0.1, -0.05) is 44.2 Å². The number of likely N-dealkylation sites (tertiary alicyclic amines) is 1. The minimum absolute atomic E-state index is 0.0547. The number of carboxylic acids is 1. The minimum atomic E-state index is -0.854. The Labute approximate surface area is 143 Å². The summed E-state index contributed by atoms with van der Waals surface area (Å²) in [6, 6.07) is 9.52. The fourth-order valence-corrected chi connectivity index (χ4v) is 3.22. The lowest BCUT2D eigenvalue weighted by Gasteiger charge is -2.40. The zero-order valence-electron chi connectivity index (χ0n) is 14.4. The van der Waals surface area contributed by atoms with E-state index in [9.17, 15) is 14.7 Å². The molecule has 0 aromatic heterocycles. The third-order valence-corrected chi connectivity index (χ3v) is 4.57. The van der Waals surface area contributed by atoms with Gasteiger partial charge in [0.15, 0.2) is 0 Å². The summed E-state index contributed by atoms with van der Waals surface area (Å²) in [6.45, 7) is 6.68. The molecule has 1 aromatic rings. The van der Waals surface area contributed by atoms with E-state index in [1.807, 2.05) is 44.2 Å². The average Bonchev–Trinajstić information content (AvgIpc) is 2.61. The summed E-state index contributed by atoms with van der Waals surface area (Å²) in [4.78, 5) is 27.6. The Hall–Kier alpha value is -2.08. The largest absolute Gasteiger partial charge is 0.481 e. The Morgan fingerprint density at radius 1 is 1.21 bits per heavy atom. The zero-order chi connectivity index (χ0) is 17.5. The van der Waals surface area contributed by atoms with Crippen molar-refractivity contribution in [3.8, 4) is 0 Å². The van der Waals surface area contributed by atoms with Gasteiger partial charge in [0.2, 0.25) is 0 Å². The number of piperidine rings is 1. The molecule has 2 rings (SSSR count). The summed E-state index contributed by atoms with van der Waals surface area (Å²) in [5.41, 5.74) is 0.915. The van der Waals surface area contributed by atoms with Gasteiger partial charge in [-0.15, -0.1) is 0 Å². The van der Waals surface area contributed by atoms with E-state index in [1.54, 1.807) is 0 Å². The normalized spacial score (nSPS) is 20.9. The predicted octanol–water partition coefficient (Wildman–Crippen LogP) is 2.44. The van der Waals surface area contributed by atoms with Gasteiger partial charge in [0.25, 0.3) is 0 Å². The van der Waals surface area contributed by atoms with Gasteiger partial charge in [0.1, 0.15) is 6.61 Å². The van der Waals surface area contributed by atoms with Gasteiger partial charge in [0.05, 0.1) is 5.92 Å². The minimum Gasteiger partial charge on any atom is -0.481 e. The summed E-state index contributed by atoms with van der Waals surface area (Å²) in [6.07, 6.45) is 0.126. The molecule has 0 bridgehead atoms. The maximum absolute atomic E-state index is 12.4. The molecule has 6 nitrogen and oxygen atoms in total. The van der Waals surface area contributed by atoms with E-state index in [-0.39, 0.29) is 19.2 Å². The van der Waals surface area contributed by atoms with Gasteiger partial charge in [-0.2, -0.15) is 0 Å². The highest BCUT2D eigenvalue weighted by Crippen LogP contribution is 2.22. The van der Waals surface area contributed by atoms with Crippen molar-refractivity contribution in [2.45, 2.75) is 32.9 Å². The van der Waals surface area contributed by atoms with Crippen LogP contribution in [0.5, 0.6) is 0 Å². The monoisotopic (exact) mass is 334 g/mol. The van der Waals surface area contributed by atoms with Crippen LogP contribution in [0, 0.1) is 5.92 Å². The van der Waals surface area contributed by atoms with Crippen LogP contribution in [0.3, 0.4) is 0 Å². The highest BCUT2D eigenvalue weighted by Gasteiger charge is 2.36. The summed E-state index contributed by atoms with van der Waals surface area (Å²) in [5, 5.41) is 9.39. The van der Waals surface area contributed by atoms with Crippen LogP contribution in [0.2, 0.25) is 0 Å². The van der Waals surface area contributed by atoms with Gasteiger partial charge in [0, 0.05) is 19.1 Å². The van der Waals surface area contributed by atoms with Crippen LogP contribution >= 0.6 is 0 Å². The van der Waals surface area contributed by atoms with Crippen LogP contribution in [-0.4, -0.2) is 59.2 Å². The second kappa shape index (κ2) is 8.68. The first kappa shape index (κ1) is 18.3. The van der Waals surface area contributed by atoms with Crippen LogP contribution < -0.4 is 0 Å². The summed E-state index contributed by atoms with van der Waals surface area (Å²) in [5.74, 6) is -1.40. The van der Waals surface area contributed by atoms with Crippen molar-refractivity contribution in [1.82, 2.24) is 9.80 Å². The Bertz CT molecular complexity index is 545. The molecule has 2 atom stereocenters. The van der Waals surface area contributed by atoms with Crippen LogP contribution in [0.4, 0.5) is 4.79 Å². The van der Waals surface area contributed by atoms with E-state index in [1.165, 1.54) is 4.90 Å². The Kier molecular flexibility index (Phi) is 6.61. The molecule has 0 saturated carbocycles. The smallest absolute Gasteiger partial charge is 0.410 e. The highest BCUT2D eigenvalue weighted by molar-refractivity contribution is 5.73. The SMILES string of the molecule is CCN(CC)C1CC(C(=O)O)CN(C(=O)OCc2ccccc2)C1. The summed E-state index contributed by atoms with van der Waals surface area (Å²) < 4.78 is 5.37. The van der Waals surface area contributed by atoms with Crippen LogP contribution in [0.15, 0.2) is 30.3 Å². The molecule has 1 fully saturated rings. The highest BCUT2D eigenvalue weighted by atomic mass is 16.6. The standard InChI is InChI=1S/C18H26N2O4/c1-3-19(4-2)16-10-15(17(21)22)11-20(12-16)18(23)24-13-14-8-6-5-7-9-14/h5-9,15-16H,3-4,10-13H2,1-2H3,(H,21,22). The molecule has 1 saturated heterocycles. The third kappa shape index (κ3) is 4.71. The van der Waals surface area contributed by atoms with E-state index < -0.39 is 18.0 Å². The van der Waals surface area contributed by atoms with E-state index in [4.69, 9.17) is 4.74 Å². The lowest BCUT2D eigenvalue weighted by Crippen LogP contribution is -2.54. The molecule has 1 heterocycles. The molecule has 0 aliphatic carbocycles. The van der Waals surface area contributed by atoms with Crippen molar-refractivity contribution in [2.75, 3.05) is 26.2 Å². The number of aliphatic carboxylic acids is 1. The van der Waals surface area contributed by atoms with Crippen LogP contribution in [-0.2, 0) is 16.1 Å². The Morgan fingerprint density at radius 3 is 2.46 bits per heavy atom. The van der Waals surface area contributed by atoms with Crippen molar-refractivity contribution in [2.24, 2.45) is 5.92 Å². The first-order chi connectivity index (χ1) is 11.5. The number of rotatable bonds is 6. The first-order valence-corrected chi connectivity index (χ1v) is 8.47. The lowest BCUT2D eigenvalue weighted by molar-refractivity contribution is -0.144. The molecule has 6 heteroatoms. The number of ether oxygens (including phenoxy) is 1. The number of amides is 1. The fraction of sp³-hybridized carbons (Fsp3) is 0.556. The van der Waals surface area contributed by atoms with Crippen molar-refractivity contribution in [1.29, 1.82) is 0 Å². The van der Waals surface area contributed by atoms with Crippen LogP contribution in [0.25, 0.3) is 0 Å². The maximum atomic E-state index is 12.4. The topological polar surface area (TPSA) is 70.1 Å². The second-order valence-electron chi connectivity index (χ2n) is 6.09. The number of nitrogens with zero attached hydrogens (tertiary/aromatic N) is 2. The molecule has 0 spiro atoms. The number of likely N-dealkylation sites (N-methyl/N-ethyl adjacent to an activating group) is 1. The van der Waals surface area contributed by atoms with Crippen molar-refractivity contribution in [3.63, 3.8) is 0 Å².